The van der Waals surface area contributed by atoms with Gasteiger partial charge in [-0.05, 0) is 24.8 Å². The summed E-state index contributed by atoms with van der Waals surface area (Å²) in [5, 5.41) is 0. The molecule has 0 aromatic heterocycles. The van der Waals surface area contributed by atoms with E-state index in [1.165, 1.54) is 44.9 Å². The van der Waals surface area contributed by atoms with Crippen molar-refractivity contribution in [3.05, 3.63) is 17.5 Å². The van der Waals surface area contributed by atoms with Crippen molar-refractivity contribution in [1.29, 1.82) is 0 Å². The first-order valence-electron chi connectivity index (χ1n) is 6.50. The van der Waals surface area contributed by atoms with Gasteiger partial charge in [-0.2, -0.15) is 0 Å². The molecule has 0 radical (unpaired) electrons. The zero-order valence-electron chi connectivity index (χ0n) is 10.7. The van der Waals surface area contributed by atoms with Crippen LogP contribution in [0, 0.1) is 5.92 Å². The Balaban J connectivity index is 2.17. The van der Waals surface area contributed by atoms with Crippen LogP contribution >= 0.6 is 0 Å². The van der Waals surface area contributed by atoms with Gasteiger partial charge in [0.2, 0.25) is 0 Å². The molecule has 0 heterocycles. The summed E-state index contributed by atoms with van der Waals surface area (Å²) >= 11 is 0. The minimum absolute atomic E-state index is 1.01. The van der Waals surface area contributed by atoms with Gasteiger partial charge in [0, 0.05) is 0 Å². The number of hydrogen-bond acceptors (Lipinski definition) is 0. The Labute approximate surface area is 96.5 Å². The predicted molar refractivity (Wildman–Crippen MR) is 71.8 cm³/mol. The van der Waals surface area contributed by atoms with E-state index in [-0.39, 0.29) is 0 Å². The van der Waals surface area contributed by atoms with E-state index in [1.807, 2.05) is 0 Å². The van der Waals surface area contributed by atoms with Crippen molar-refractivity contribution >= 4 is 8.07 Å². The third-order valence-electron chi connectivity index (χ3n) is 3.08. The molecule has 0 nitrogen and oxygen atoms in total. The molecule has 1 aliphatic rings. The first kappa shape index (κ1) is 12.8. The molecule has 0 bridgehead atoms. The first-order valence-corrected chi connectivity index (χ1v) is 10.1. The molecule has 0 aromatic carbocycles. The Hall–Kier alpha value is -0.263. The fourth-order valence-electron chi connectivity index (χ4n) is 2.19. The minimum atomic E-state index is -1.01. The lowest BCUT2D eigenvalue weighted by atomic mass is 9.86. The largest absolute Gasteiger partial charge is 0.134 e. The summed E-state index contributed by atoms with van der Waals surface area (Å²) < 4.78 is 0. The van der Waals surface area contributed by atoms with Gasteiger partial charge in [0.15, 0.2) is 0 Å². The molecule has 0 amide bonds. The van der Waals surface area contributed by atoms with Crippen molar-refractivity contribution in [2.24, 2.45) is 5.92 Å². The molecule has 1 rings (SSSR count). The topological polar surface area (TPSA) is 0 Å². The van der Waals surface area contributed by atoms with Gasteiger partial charge in [-0.3, -0.25) is 0 Å². The quantitative estimate of drug-likeness (QED) is 0.467. The summed E-state index contributed by atoms with van der Waals surface area (Å²) in [6, 6.07) is 0. The van der Waals surface area contributed by atoms with Crippen LogP contribution in [-0.4, -0.2) is 8.07 Å². The van der Waals surface area contributed by atoms with Gasteiger partial charge in [0.1, 0.15) is 0 Å². The number of allylic oxidation sites excluding steroid dienone is 1. The third kappa shape index (κ3) is 6.76. The Morgan fingerprint density at radius 2 is 1.80 bits per heavy atom. The summed E-state index contributed by atoms with van der Waals surface area (Å²) in [5.74, 6) is 1.02. The molecule has 86 valence electrons. The molecule has 0 unspecified atom stereocenters. The molecule has 1 heteroatoms. The molecular formula is C14H26Si. The van der Waals surface area contributed by atoms with Crippen LogP contribution in [0.3, 0.4) is 0 Å². The number of hydrogen-bond donors (Lipinski definition) is 0. The molecular weight excluding hydrogens is 196 g/mol. The SMILES string of the molecule is C[Si](C)(C)C=C=CCCC1CCCCC1. The Kier molecular flexibility index (Phi) is 5.42. The molecule has 1 saturated carbocycles. The maximum absolute atomic E-state index is 3.38. The normalized spacial score (nSPS) is 18.3. The summed E-state index contributed by atoms with van der Waals surface area (Å²) in [7, 11) is -1.01. The lowest BCUT2D eigenvalue weighted by Crippen LogP contribution is -2.14. The van der Waals surface area contributed by atoms with Gasteiger partial charge >= 0.3 is 0 Å². The van der Waals surface area contributed by atoms with Crippen LogP contribution in [-0.2, 0) is 0 Å². The molecule has 1 fully saturated rings. The van der Waals surface area contributed by atoms with E-state index in [0.29, 0.717) is 0 Å². The van der Waals surface area contributed by atoms with E-state index in [1.54, 1.807) is 0 Å². The standard InChI is InChI=1S/C14H26Si/c1-15(2,3)13-9-5-8-12-14-10-6-4-7-11-14/h5,13-14H,4,6-8,10-12H2,1-3H3. The fraction of sp³-hybridized carbons (Fsp3) is 0.786. The third-order valence-corrected chi connectivity index (χ3v) is 4.11. The first-order chi connectivity index (χ1) is 7.08. The van der Waals surface area contributed by atoms with Crippen LogP contribution in [0.1, 0.15) is 44.9 Å². The van der Waals surface area contributed by atoms with Gasteiger partial charge in [0.05, 0.1) is 8.07 Å². The summed E-state index contributed by atoms with van der Waals surface area (Å²) in [6.07, 6.45) is 12.3. The summed E-state index contributed by atoms with van der Waals surface area (Å²) in [5.41, 5.74) is 5.69. The Bertz CT molecular complexity index is 222. The molecule has 0 spiro atoms. The van der Waals surface area contributed by atoms with Gasteiger partial charge in [-0.15, -0.1) is 5.73 Å². The fourth-order valence-corrected chi connectivity index (χ4v) is 2.80. The van der Waals surface area contributed by atoms with E-state index >= 15 is 0 Å². The average molecular weight is 222 g/mol. The second kappa shape index (κ2) is 6.35. The highest BCUT2D eigenvalue weighted by molar-refractivity contribution is 6.80. The van der Waals surface area contributed by atoms with Crippen molar-refractivity contribution in [1.82, 2.24) is 0 Å². The number of rotatable bonds is 4. The molecule has 0 saturated heterocycles. The van der Waals surface area contributed by atoms with Crippen molar-refractivity contribution in [2.45, 2.75) is 64.6 Å². The van der Waals surface area contributed by atoms with Crippen LogP contribution < -0.4 is 0 Å². The van der Waals surface area contributed by atoms with Crippen molar-refractivity contribution in [3.63, 3.8) is 0 Å². The van der Waals surface area contributed by atoms with Crippen LogP contribution in [0.25, 0.3) is 0 Å². The molecule has 0 aliphatic heterocycles. The van der Waals surface area contributed by atoms with E-state index < -0.39 is 8.07 Å². The van der Waals surface area contributed by atoms with Crippen LogP contribution in [0.15, 0.2) is 17.5 Å². The predicted octanol–water partition coefficient (Wildman–Crippen LogP) is 4.94. The van der Waals surface area contributed by atoms with Crippen molar-refractivity contribution in [2.75, 3.05) is 0 Å². The monoisotopic (exact) mass is 222 g/mol. The van der Waals surface area contributed by atoms with Crippen molar-refractivity contribution < 1.29 is 0 Å². The Morgan fingerprint density at radius 1 is 1.13 bits per heavy atom. The highest BCUT2D eigenvalue weighted by Gasteiger charge is 2.11. The smallest absolute Gasteiger partial charge is 0.0781 e. The van der Waals surface area contributed by atoms with E-state index in [4.69, 9.17) is 0 Å². The zero-order chi connectivity index (χ0) is 11.1. The lowest BCUT2D eigenvalue weighted by Gasteiger charge is -2.20. The van der Waals surface area contributed by atoms with E-state index in [0.717, 1.165) is 5.92 Å². The van der Waals surface area contributed by atoms with Gasteiger partial charge < -0.3 is 0 Å². The maximum Gasteiger partial charge on any atom is 0.0781 e. The summed E-state index contributed by atoms with van der Waals surface area (Å²) in [4.78, 5) is 0. The van der Waals surface area contributed by atoms with Crippen LogP contribution in [0.2, 0.25) is 19.6 Å². The van der Waals surface area contributed by atoms with Crippen LogP contribution in [0.5, 0.6) is 0 Å². The van der Waals surface area contributed by atoms with Crippen molar-refractivity contribution in [3.8, 4) is 0 Å². The second-order valence-electron chi connectivity index (χ2n) is 5.96. The minimum Gasteiger partial charge on any atom is -0.134 e. The van der Waals surface area contributed by atoms with E-state index in [9.17, 15) is 0 Å². The lowest BCUT2D eigenvalue weighted by molar-refractivity contribution is 0.341. The van der Waals surface area contributed by atoms with Gasteiger partial charge in [-0.25, -0.2) is 0 Å². The van der Waals surface area contributed by atoms with Gasteiger partial charge in [0.25, 0.3) is 0 Å². The summed E-state index contributed by atoms with van der Waals surface area (Å²) in [6.45, 7) is 7.07. The zero-order valence-corrected chi connectivity index (χ0v) is 11.7. The van der Waals surface area contributed by atoms with Gasteiger partial charge in [-0.1, -0.05) is 57.4 Å². The highest BCUT2D eigenvalue weighted by Crippen LogP contribution is 2.27. The molecule has 1 aliphatic carbocycles. The molecule has 0 N–H and O–H groups in total. The van der Waals surface area contributed by atoms with Crippen LogP contribution in [0.4, 0.5) is 0 Å². The van der Waals surface area contributed by atoms with E-state index in [2.05, 4.69) is 37.1 Å². The maximum atomic E-state index is 3.38. The molecule has 15 heavy (non-hydrogen) atoms. The molecule has 0 aromatic rings. The highest BCUT2D eigenvalue weighted by atomic mass is 28.3. The molecule has 0 atom stereocenters. The second-order valence-corrected chi connectivity index (χ2v) is 11.0. The Morgan fingerprint density at radius 3 is 2.40 bits per heavy atom. The average Bonchev–Trinajstić information content (AvgIpc) is 2.17.